The Labute approximate surface area is 142 Å². The first-order chi connectivity index (χ1) is 11.7. The van der Waals surface area contributed by atoms with Gasteiger partial charge in [0.15, 0.2) is 5.69 Å². The summed E-state index contributed by atoms with van der Waals surface area (Å²) in [5, 5.41) is 8.93. The van der Waals surface area contributed by atoms with E-state index in [1.165, 1.54) is 17.3 Å². The Morgan fingerprint density at radius 3 is 2.71 bits per heavy atom. The second-order valence-electron chi connectivity index (χ2n) is 6.33. The van der Waals surface area contributed by atoms with E-state index in [0.29, 0.717) is 12.6 Å². The lowest BCUT2D eigenvalue weighted by Gasteiger charge is -2.35. The van der Waals surface area contributed by atoms with Gasteiger partial charge < -0.3 is 5.11 Å². The second kappa shape index (κ2) is 7.53. The number of hydrogen-bond donors (Lipinski definition) is 1. The first kappa shape index (κ1) is 16.6. The molecule has 1 atom stereocenters. The molecule has 1 aliphatic rings. The van der Waals surface area contributed by atoms with Crippen LogP contribution in [0.2, 0.25) is 0 Å². The van der Waals surface area contributed by atoms with E-state index in [-0.39, 0.29) is 5.69 Å². The van der Waals surface area contributed by atoms with Gasteiger partial charge in [-0.3, -0.25) is 9.88 Å². The van der Waals surface area contributed by atoms with E-state index < -0.39 is 5.97 Å². The topological polar surface area (TPSA) is 66.3 Å². The zero-order chi connectivity index (χ0) is 16.9. The van der Waals surface area contributed by atoms with E-state index in [0.717, 1.165) is 37.9 Å². The summed E-state index contributed by atoms with van der Waals surface area (Å²) in [4.78, 5) is 21.6. The Bertz CT molecular complexity index is 700. The number of aromatic carboxylic acids is 1. The number of fused-ring (bicyclic) bond motifs is 1. The van der Waals surface area contributed by atoms with Crippen LogP contribution in [0.25, 0.3) is 0 Å². The number of hydrogen-bond acceptors (Lipinski definition) is 4. The van der Waals surface area contributed by atoms with Gasteiger partial charge in [0.1, 0.15) is 0 Å². The van der Waals surface area contributed by atoms with Crippen molar-refractivity contribution < 1.29 is 9.90 Å². The maximum atomic E-state index is 10.9. The van der Waals surface area contributed by atoms with Crippen molar-refractivity contribution in [2.45, 2.75) is 45.2 Å². The fourth-order valence-corrected chi connectivity index (χ4v) is 3.42. The minimum absolute atomic E-state index is 0.00705. The monoisotopic (exact) mass is 325 g/mol. The summed E-state index contributed by atoms with van der Waals surface area (Å²) in [5.74, 6) is -1.04. The highest BCUT2D eigenvalue weighted by Crippen LogP contribution is 2.25. The summed E-state index contributed by atoms with van der Waals surface area (Å²) in [5.41, 5.74) is 3.73. The summed E-state index contributed by atoms with van der Waals surface area (Å²) in [6.07, 6.45) is 7.35. The van der Waals surface area contributed by atoms with Crippen LogP contribution in [0.3, 0.4) is 0 Å². The summed E-state index contributed by atoms with van der Waals surface area (Å²) < 4.78 is 0. The molecule has 0 aliphatic heterocycles. The molecule has 1 N–H and O–H groups in total. The first-order valence-electron chi connectivity index (χ1n) is 8.52. The van der Waals surface area contributed by atoms with Gasteiger partial charge in [-0.2, -0.15) is 0 Å². The SMILES string of the molecule is CCCN(Cc1cnc(C(=O)O)cn1)C1CCc2ccccc2C1. The summed E-state index contributed by atoms with van der Waals surface area (Å²) >= 11 is 0. The molecule has 3 rings (SSSR count). The van der Waals surface area contributed by atoms with Crippen LogP contribution in [-0.4, -0.2) is 38.5 Å². The third-order valence-corrected chi connectivity index (χ3v) is 4.64. The molecule has 126 valence electrons. The molecule has 0 spiro atoms. The summed E-state index contributed by atoms with van der Waals surface area (Å²) in [7, 11) is 0. The predicted molar refractivity (Wildman–Crippen MR) is 91.9 cm³/mol. The number of aromatic nitrogens is 2. The Kier molecular flexibility index (Phi) is 5.20. The number of aryl methyl sites for hydroxylation is 1. The van der Waals surface area contributed by atoms with E-state index in [9.17, 15) is 4.79 Å². The molecule has 1 heterocycles. The molecular weight excluding hydrogens is 302 g/mol. The van der Waals surface area contributed by atoms with Crippen molar-refractivity contribution in [3.63, 3.8) is 0 Å². The van der Waals surface area contributed by atoms with Crippen LogP contribution in [0.5, 0.6) is 0 Å². The van der Waals surface area contributed by atoms with Gasteiger partial charge in [-0.15, -0.1) is 0 Å². The number of benzene rings is 1. The van der Waals surface area contributed by atoms with E-state index in [4.69, 9.17) is 5.11 Å². The van der Waals surface area contributed by atoms with Crippen LogP contribution < -0.4 is 0 Å². The normalized spacial score (nSPS) is 16.8. The van der Waals surface area contributed by atoms with Gasteiger partial charge in [0.25, 0.3) is 0 Å². The molecule has 1 aromatic carbocycles. The molecule has 0 amide bonds. The van der Waals surface area contributed by atoms with E-state index in [1.54, 1.807) is 6.20 Å². The van der Waals surface area contributed by atoms with Crippen molar-refractivity contribution in [3.8, 4) is 0 Å². The van der Waals surface area contributed by atoms with Crippen molar-refractivity contribution >= 4 is 5.97 Å². The van der Waals surface area contributed by atoms with Crippen molar-refractivity contribution in [1.29, 1.82) is 0 Å². The summed E-state index contributed by atoms with van der Waals surface area (Å²) in [6.45, 7) is 3.91. The second-order valence-corrected chi connectivity index (χ2v) is 6.33. The first-order valence-corrected chi connectivity index (χ1v) is 8.52. The number of nitrogens with zero attached hydrogens (tertiary/aromatic N) is 3. The molecule has 5 nitrogen and oxygen atoms in total. The van der Waals surface area contributed by atoms with Crippen molar-refractivity contribution in [2.24, 2.45) is 0 Å². The van der Waals surface area contributed by atoms with Crippen LogP contribution in [0.15, 0.2) is 36.7 Å². The standard InChI is InChI=1S/C19H23N3O2/c1-2-9-22(13-16-11-21-18(12-20-16)19(23)24)17-8-7-14-5-3-4-6-15(14)10-17/h3-6,11-12,17H,2,7-10,13H2,1H3,(H,23,24). The lowest BCUT2D eigenvalue weighted by Crippen LogP contribution is -2.39. The fourth-order valence-electron chi connectivity index (χ4n) is 3.42. The zero-order valence-electron chi connectivity index (χ0n) is 14.0. The number of carboxylic acid groups (broad SMARTS) is 1. The van der Waals surface area contributed by atoms with E-state index in [1.807, 2.05) is 0 Å². The van der Waals surface area contributed by atoms with Crippen LogP contribution >= 0.6 is 0 Å². The van der Waals surface area contributed by atoms with Gasteiger partial charge in [-0.1, -0.05) is 31.2 Å². The van der Waals surface area contributed by atoms with Gasteiger partial charge >= 0.3 is 5.97 Å². The molecule has 0 saturated carbocycles. The van der Waals surface area contributed by atoms with Crippen LogP contribution in [0.4, 0.5) is 0 Å². The third kappa shape index (κ3) is 3.79. The number of rotatable bonds is 6. The van der Waals surface area contributed by atoms with Crippen molar-refractivity contribution in [1.82, 2.24) is 14.9 Å². The zero-order valence-corrected chi connectivity index (χ0v) is 14.0. The minimum Gasteiger partial charge on any atom is -0.476 e. The highest BCUT2D eigenvalue weighted by atomic mass is 16.4. The van der Waals surface area contributed by atoms with Crippen LogP contribution in [-0.2, 0) is 19.4 Å². The molecule has 1 aromatic heterocycles. The predicted octanol–water partition coefficient (Wildman–Crippen LogP) is 2.94. The molecule has 0 saturated heterocycles. The van der Waals surface area contributed by atoms with Gasteiger partial charge in [0.05, 0.1) is 18.1 Å². The van der Waals surface area contributed by atoms with Gasteiger partial charge in [-0.05, 0) is 43.4 Å². The molecule has 1 aliphatic carbocycles. The highest BCUT2D eigenvalue weighted by molar-refractivity contribution is 5.84. The Hall–Kier alpha value is -2.27. The van der Waals surface area contributed by atoms with Crippen LogP contribution in [0.1, 0.15) is 47.1 Å². The Balaban J connectivity index is 1.72. The minimum atomic E-state index is -1.04. The average molecular weight is 325 g/mol. The maximum absolute atomic E-state index is 10.9. The largest absolute Gasteiger partial charge is 0.476 e. The molecule has 2 aromatic rings. The lowest BCUT2D eigenvalue weighted by molar-refractivity contribution is 0.0689. The van der Waals surface area contributed by atoms with Crippen molar-refractivity contribution in [2.75, 3.05) is 6.54 Å². The summed E-state index contributed by atoms with van der Waals surface area (Å²) in [6, 6.07) is 9.18. The van der Waals surface area contributed by atoms with Gasteiger partial charge in [0.2, 0.25) is 0 Å². The molecular formula is C19H23N3O2. The average Bonchev–Trinajstić information content (AvgIpc) is 2.61. The van der Waals surface area contributed by atoms with Gasteiger partial charge in [0, 0.05) is 12.6 Å². The molecule has 0 bridgehead atoms. The fraction of sp³-hybridized carbons (Fsp3) is 0.421. The number of carboxylic acids is 1. The number of carbonyl (C=O) groups is 1. The molecule has 1 unspecified atom stereocenters. The molecule has 24 heavy (non-hydrogen) atoms. The Morgan fingerprint density at radius 1 is 1.25 bits per heavy atom. The third-order valence-electron chi connectivity index (χ3n) is 4.64. The highest BCUT2D eigenvalue weighted by Gasteiger charge is 2.24. The maximum Gasteiger partial charge on any atom is 0.356 e. The van der Waals surface area contributed by atoms with Crippen molar-refractivity contribution in [3.05, 3.63) is 59.2 Å². The smallest absolute Gasteiger partial charge is 0.356 e. The van der Waals surface area contributed by atoms with Gasteiger partial charge in [-0.25, -0.2) is 9.78 Å². The van der Waals surface area contributed by atoms with E-state index in [2.05, 4.69) is 46.1 Å². The Morgan fingerprint density at radius 2 is 2.04 bits per heavy atom. The quantitative estimate of drug-likeness (QED) is 0.884. The molecule has 0 radical (unpaired) electrons. The van der Waals surface area contributed by atoms with Crippen LogP contribution in [0, 0.1) is 0 Å². The molecule has 5 heteroatoms. The molecule has 0 fully saturated rings. The van der Waals surface area contributed by atoms with E-state index >= 15 is 0 Å². The lowest BCUT2D eigenvalue weighted by atomic mass is 9.87.